The number of halogens is 2. The highest BCUT2D eigenvalue weighted by atomic mass is 19.3. The first kappa shape index (κ1) is 22.1. The molecule has 5 nitrogen and oxygen atoms in total. The number of nitrogens with zero attached hydrogens (tertiary/aromatic N) is 1. The highest BCUT2D eigenvalue weighted by Crippen LogP contribution is 2.38. The zero-order valence-corrected chi connectivity index (χ0v) is 16.9. The molecule has 2 aliphatic rings. The van der Waals surface area contributed by atoms with E-state index >= 15 is 0 Å². The Kier molecular flexibility index (Phi) is 6.67. The molecule has 1 aliphatic carbocycles. The molecular formula is C21H30F2N2O3. The van der Waals surface area contributed by atoms with Crippen LogP contribution in [0.25, 0.3) is 0 Å². The van der Waals surface area contributed by atoms with Gasteiger partial charge >= 0.3 is 6.09 Å². The predicted octanol–water partition coefficient (Wildman–Crippen LogP) is 4.22. The van der Waals surface area contributed by atoms with Crippen LogP contribution in [0.3, 0.4) is 0 Å². The smallest absolute Gasteiger partial charge is 0.408 e. The van der Waals surface area contributed by atoms with Crippen molar-refractivity contribution in [2.45, 2.75) is 57.9 Å². The molecule has 7 heteroatoms. The van der Waals surface area contributed by atoms with Gasteiger partial charge in [0.25, 0.3) is 5.92 Å². The van der Waals surface area contributed by atoms with Gasteiger partial charge in [-0.15, -0.1) is 0 Å². The average molecular weight is 396 g/mol. The molecule has 1 atom stereocenters. The Morgan fingerprint density at radius 3 is 2.68 bits per heavy atom. The van der Waals surface area contributed by atoms with Crippen LogP contribution in [0.4, 0.5) is 13.6 Å². The number of nitrogens with one attached hydrogen (secondary N) is 1. The van der Waals surface area contributed by atoms with Crippen LogP contribution < -0.4 is 5.32 Å². The highest BCUT2D eigenvalue weighted by molar-refractivity contribution is 5.78. The van der Waals surface area contributed by atoms with E-state index in [0.29, 0.717) is 6.08 Å². The van der Waals surface area contributed by atoms with E-state index in [0.717, 1.165) is 18.4 Å². The van der Waals surface area contributed by atoms with Crippen molar-refractivity contribution in [1.82, 2.24) is 10.2 Å². The molecule has 1 heterocycles. The van der Waals surface area contributed by atoms with E-state index in [4.69, 9.17) is 4.74 Å². The van der Waals surface area contributed by atoms with Gasteiger partial charge in [-0.25, -0.2) is 4.79 Å². The van der Waals surface area contributed by atoms with Crippen molar-refractivity contribution in [2.75, 3.05) is 19.7 Å². The summed E-state index contributed by atoms with van der Waals surface area (Å²) in [5, 5.41) is 2.35. The molecule has 1 saturated heterocycles. The summed E-state index contributed by atoms with van der Waals surface area (Å²) in [6, 6.07) is 0. The number of carbonyl (C=O) groups is 2. The second kappa shape index (κ2) is 8.45. The number of likely N-dealkylation sites (tertiary alicyclic amines) is 1. The molecule has 1 fully saturated rings. The number of hydrogen-bond donors (Lipinski definition) is 1. The van der Waals surface area contributed by atoms with Gasteiger partial charge in [0.1, 0.15) is 12.1 Å². The van der Waals surface area contributed by atoms with E-state index in [1.54, 1.807) is 0 Å². The third-order valence-electron chi connectivity index (χ3n) is 5.03. The van der Waals surface area contributed by atoms with Crippen molar-refractivity contribution < 1.29 is 23.1 Å². The third-order valence-corrected chi connectivity index (χ3v) is 5.03. The molecule has 28 heavy (non-hydrogen) atoms. The van der Waals surface area contributed by atoms with Gasteiger partial charge in [-0.05, 0) is 36.3 Å². The van der Waals surface area contributed by atoms with Gasteiger partial charge in [-0.3, -0.25) is 4.79 Å². The molecule has 2 amide bonds. The molecule has 1 N–H and O–H groups in total. The second-order valence-corrected chi connectivity index (χ2v) is 8.70. The summed E-state index contributed by atoms with van der Waals surface area (Å²) < 4.78 is 34.6. The van der Waals surface area contributed by atoms with Gasteiger partial charge < -0.3 is 15.0 Å². The summed E-state index contributed by atoms with van der Waals surface area (Å²) >= 11 is 0. The molecule has 156 valence electrons. The molecule has 0 aromatic heterocycles. The zero-order valence-electron chi connectivity index (χ0n) is 16.9. The van der Waals surface area contributed by atoms with Crippen molar-refractivity contribution in [3.8, 4) is 0 Å². The molecule has 0 aromatic carbocycles. The number of allylic oxidation sites excluding steroid dienone is 3. The monoisotopic (exact) mass is 396 g/mol. The first-order valence-corrected chi connectivity index (χ1v) is 9.57. The maximum Gasteiger partial charge on any atom is 0.408 e. The summed E-state index contributed by atoms with van der Waals surface area (Å²) in [6.45, 7) is 8.88. The molecule has 0 spiro atoms. The van der Waals surface area contributed by atoms with Crippen LogP contribution in [0.15, 0.2) is 36.5 Å². The molecule has 1 unspecified atom stereocenters. The van der Waals surface area contributed by atoms with Crippen LogP contribution >= 0.6 is 0 Å². The third kappa shape index (κ3) is 5.42. The van der Waals surface area contributed by atoms with Crippen molar-refractivity contribution in [2.24, 2.45) is 5.41 Å². The largest absolute Gasteiger partial charge is 0.445 e. The maximum atomic E-state index is 14.7. The van der Waals surface area contributed by atoms with Crippen LogP contribution in [0.5, 0.6) is 0 Å². The van der Waals surface area contributed by atoms with Crippen molar-refractivity contribution in [1.29, 1.82) is 0 Å². The molecule has 2 rings (SSSR count). The fraction of sp³-hybridized carbons (Fsp3) is 0.619. The Morgan fingerprint density at radius 1 is 1.39 bits per heavy atom. The van der Waals surface area contributed by atoms with E-state index in [9.17, 15) is 18.4 Å². The fourth-order valence-corrected chi connectivity index (χ4v) is 3.40. The summed E-state index contributed by atoms with van der Waals surface area (Å²) in [6.07, 6.45) is 7.16. The van der Waals surface area contributed by atoms with Gasteiger partial charge in [0, 0.05) is 13.0 Å². The van der Waals surface area contributed by atoms with Crippen LogP contribution in [0.1, 0.15) is 46.5 Å². The summed E-state index contributed by atoms with van der Waals surface area (Å²) in [5.74, 6) is -3.58. The lowest BCUT2D eigenvalue weighted by molar-refractivity contribution is -0.133. The van der Waals surface area contributed by atoms with Gasteiger partial charge in [0.2, 0.25) is 5.91 Å². The Bertz CT molecular complexity index is 680. The number of alkyl carbamates (subject to hydrolysis) is 1. The number of hydrogen-bond acceptors (Lipinski definition) is 3. The second-order valence-electron chi connectivity index (χ2n) is 8.70. The molecular weight excluding hydrogens is 366 g/mol. The summed E-state index contributed by atoms with van der Waals surface area (Å²) in [5.41, 5.74) is -1.24. The summed E-state index contributed by atoms with van der Waals surface area (Å²) in [4.78, 5) is 26.1. The highest BCUT2D eigenvalue weighted by Gasteiger charge is 2.57. The Hall–Kier alpha value is -2.18. The van der Waals surface area contributed by atoms with Gasteiger partial charge in [-0.2, -0.15) is 8.78 Å². The number of rotatable bonds is 6. The van der Waals surface area contributed by atoms with E-state index in [1.807, 2.05) is 39.0 Å². The van der Waals surface area contributed by atoms with Crippen molar-refractivity contribution in [3.63, 3.8) is 0 Å². The van der Waals surface area contributed by atoms with E-state index in [2.05, 4.69) is 11.9 Å². The maximum absolute atomic E-state index is 14.7. The SMILES string of the molecule is C=CC(F)(F)C1(NC(=O)OCC2=CC=CCC2)CCN(C(=O)CC(C)(C)C)C1. The minimum atomic E-state index is -3.38. The van der Waals surface area contributed by atoms with Crippen molar-refractivity contribution >= 4 is 12.0 Å². The minimum absolute atomic E-state index is 0.0541. The molecule has 0 radical (unpaired) electrons. The first-order valence-electron chi connectivity index (χ1n) is 9.57. The lowest BCUT2D eigenvalue weighted by Gasteiger charge is -2.36. The fourth-order valence-electron chi connectivity index (χ4n) is 3.40. The van der Waals surface area contributed by atoms with Crippen LogP contribution in [0, 0.1) is 5.41 Å². The van der Waals surface area contributed by atoms with Crippen molar-refractivity contribution in [3.05, 3.63) is 36.5 Å². The minimum Gasteiger partial charge on any atom is -0.445 e. The van der Waals surface area contributed by atoms with Gasteiger partial charge in [0.05, 0.1) is 6.54 Å². The van der Waals surface area contributed by atoms with E-state index in [1.165, 1.54) is 4.90 Å². The predicted molar refractivity (Wildman–Crippen MR) is 104 cm³/mol. The first-order chi connectivity index (χ1) is 13.0. The Labute approximate surface area is 165 Å². The summed E-state index contributed by atoms with van der Waals surface area (Å²) in [7, 11) is 0. The Morgan fingerprint density at radius 2 is 2.11 bits per heavy atom. The van der Waals surface area contributed by atoms with Crippen LogP contribution in [0.2, 0.25) is 0 Å². The van der Waals surface area contributed by atoms with E-state index in [-0.39, 0.29) is 43.9 Å². The quantitative estimate of drug-likeness (QED) is 0.684. The van der Waals surface area contributed by atoms with E-state index < -0.39 is 17.6 Å². The van der Waals surface area contributed by atoms with Gasteiger partial charge in [0.15, 0.2) is 0 Å². The normalized spacial score (nSPS) is 22.6. The number of carbonyl (C=O) groups excluding carboxylic acids is 2. The van der Waals surface area contributed by atoms with Gasteiger partial charge in [-0.1, -0.05) is 45.6 Å². The molecule has 0 bridgehead atoms. The molecule has 1 aliphatic heterocycles. The number of amides is 2. The van der Waals surface area contributed by atoms with Crippen LogP contribution in [-0.2, 0) is 9.53 Å². The molecule has 0 aromatic rings. The Balaban J connectivity index is 2.07. The average Bonchev–Trinajstić information content (AvgIpc) is 3.05. The topological polar surface area (TPSA) is 58.6 Å². The number of ether oxygens (including phenoxy) is 1. The molecule has 0 saturated carbocycles. The number of alkyl halides is 2. The van der Waals surface area contributed by atoms with Crippen LogP contribution in [-0.4, -0.2) is 48.1 Å². The standard InChI is InChI=1S/C21H30F2N2O3/c1-5-21(22,23)20(11-12-25(15-20)17(26)13-19(2,3)4)24-18(27)28-14-16-9-7-6-8-10-16/h5-7,9H,1,8,10-15H2,2-4H3,(H,24,27). The lowest BCUT2D eigenvalue weighted by atomic mass is 9.89. The lowest BCUT2D eigenvalue weighted by Crippen LogP contribution is -2.61. The zero-order chi connectivity index (χ0) is 21.0.